The van der Waals surface area contributed by atoms with E-state index in [9.17, 15) is 4.79 Å². The lowest BCUT2D eigenvalue weighted by atomic mass is 10.0. The van der Waals surface area contributed by atoms with Crippen molar-refractivity contribution in [3.8, 4) is 5.75 Å². The van der Waals surface area contributed by atoms with Gasteiger partial charge in [0.25, 0.3) is 0 Å². The van der Waals surface area contributed by atoms with Gasteiger partial charge < -0.3 is 14.8 Å². The lowest BCUT2D eigenvalue weighted by molar-refractivity contribution is 0.115. The summed E-state index contributed by atoms with van der Waals surface area (Å²) in [4.78, 5) is 11.0. The summed E-state index contributed by atoms with van der Waals surface area (Å²) in [5, 5.41) is 2.77. The van der Waals surface area contributed by atoms with E-state index in [0.29, 0.717) is 6.61 Å². The SMILES string of the molecule is COc1ccc([C@@H]2CCOC(=O)N2)cc1. The van der Waals surface area contributed by atoms with Crippen LogP contribution in [-0.4, -0.2) is 19.8 Å². The Balaban J connectivity index is 2.11. The molecule has 4 nitrogen and oxygen atoms in total. The Hall–Kier alpha value is -1.71. The molecule has 1 aliphatic heterocycles. The molecule has 0 aromatic heterocycles. The summed E-state index contributed by atoms with van der Waals surface area (Å²) in [6, 6.07) is 7.73. The van der Waals surface area contributed by atoms with E-state index in [0.717, 1.165) is 17.7 Å². The Morgan fingerprint density at radius 1 is 1.40 bits per heavy atom. The highest BCUT2D eigenvalue weighted by Gasteiger charge is 2.20. The van der Waals surface area contributed by atoms with Crippen LogP contribution in [0.3, 0.4) is 0 Å². The molecule has 0 saturated carbocycles. The number of alkyl carbamates (subject to hydrolysis) is 1. The van der Waals surface area contributed by atoms with Crippen LogP contribution in [0.15, 0.2) is 24.3 Å². The Bertz CT molecular complexity index is 347. The largest absolute Gasteiger partial charge is 0.497 e. The minimum absolute atomic E-state index is 0.0529. The number of hydrogen-bond donors (Lipinski definition) is 1. The molecule has 0 unspecified atom stereocenters. The van der Waals surface area contributed by atoms with Gasteiger partial charge in [0, 0.05) is 6.42 Å². The molecule has 1 saturated heterocycles. The van der Waals surface area contributed by atoms with Gasteiger partial charge in [-0.15, -0.1) is 0 Å². The molecule has 1 aromatic carbocycles. The molecule has 0 spiro atoms. The number of carbonyl (C=O) groups is 1. The third-order valence-electron chi connectivity index (χ3n) is 2.45. The first kappa shape index (κ1) is 9.83. The zero-order valence-corrected chi connectivity index (χ0v) is 8.53. The normalized spacial score (nSPS) is 20.3. The van der Waals surface area contributed by atoms with Gasteiger partial charge in [-0.3, -0.25) is 0 Å². The van der Waals surface area contributed by atoms with E-state index in [-0.39, 0.29) is 12.1 Å². The number of carbonyl (C=O) groups excluding carboxylic acids is 1. The molecule has 0 aliphatic carbocycles. The maximum Gasteiger partial charge on any atom is 0.407 e. The van der Waals surface area contributed by atoms with Crippen molar-refractivity contribution < 1.29 is 14.3 Å². The van der Waals surface area contributed by atoms with Crippen molar-refractivity contribution in [2.24, 2.45) is 0 Å². The van der Waals surface area contributed by atoms with Crippen LogP contribution in [0.4, 0.5) is 4.79 Å². The van der Waals surface area contributed by atoms with Crippen LogP contribution in [0.2, 0.25) is 0 Å². The van der Waals surface area contributed by atoms with Crippen molar-refractivity contribution in [3.63, 3.8) is 0 Å². The highest BCUT2D eigenvalue weighted by atomic mass is 16.5. The second-order valence-electron chi connectivity index (χ2n) is 3.39. The standard InChI is InChI=1S/C11H13NO3/c1-14-9-4-2-8(3-5-9)10-6-7-15-11(13)12-10/h2-5,10H,6-7H2,1H3,(H,12,13)/t10-/m0/s1. The lowest BCUT2D eigenvalue weighted by Gasteiger charge is -2.23. The summed E-state index contributed by atoms with van der Waals surface area (Å²) in [5.74, 6) is 0.817. The number of benzene rings is 1. The van der Waals surface area contributed by atoms with Crippen molar-refractivity contribution in [2.75, 3.05) is 13.7 Å². The fraction of sp³-hybridized carbons (Fsp3) is 0.364. The molecule has 1 aromatic rings. The summed E-state index contributed by atoms with van der Waals surface area (Å²) in [6.45, 7) is 0.475. The molecule has 0 bridgehead atoms. The van der Waals surface area contributed by atoms with Crippen molar-refractivity contribution >= 4 is 6.09 Å². The molecule has 15 heavy (non-hydrogen) atoms. The predicted molar refractivity (Wildman–Crippen MR) is 54.8 cm³/mol. The molecule has 4 heteroatoms. The average Bonchev–Trinajstić information content (AvgIpc) is 2.29. The Morgan fingerprint density at radius 3 is 2.73 bits per heavy atom. The smallest absolute Gasteiger partial charge is 0.407 e. The van der Waals surface area contributed by atoms with Crippen molar-refractivity contribution in [1.29, 1.82) is 0 Å². The summed E-state index contributed by atoms with van der Waals surface area (Å²) in [6.07, 6.45) is 0.458. The summed E-state index contributed by atoms with van der Waals surface area (Å²) in [5.41, 5.74) is 1.08. The number of cyclic esters (lactones) is 1. The quantitative estimate of drug-likeness (QED) is 0.805. The van der Waals surface area contributed by atoms with Gasteiger partial charge in [-0.2, -0.15) is 0 Å². The first-order valence-corrected chi connectivity index (χ1v) is 4.87. The molecule has 1 N–H and O–H groups in total. The van der Waals surface area contributed by atoms with Gasteiger partial charge in [-0.1, -0.05) is 12.1 Å². The summed E-state index contributed by atoms with van der Waals surface area (Å²) < 4.78 is 9.87. The minimum Gasteiger partial charge on any atom is -0.497 e. The molecule has 1 fully saturated rings. The summed E-state index contributed by atoms with van der Waals surface area (Å²) >= 11 is 0. The topological polar surface area (TPSA) is 47.6 Å². The van der Waals surface area contributed by atoms with Crippen LogP contribution in [0, 0.1) is 0 Å². The van der Waals surface area contributed by atoms with Gasteiger partial charge in [-0.05, 0) is 17.7 Å². The van der Waals surface area contributed by atoms with Gasteiger partial charge >= 0.3 is 6.09 Å². The number of amides is 1. The average molecular weight is 207 g/mol. The van der Waals surface area contributed by atoms with E-state index in [1.165, 1.54) is 0 Å². The number of hydrogen-bond acceptors (Lipinski definition) is 3. The third kappa shape index (κ3) is 2.21. The number of methoxy groups -OCH3 is 1. The van der Waals surface area contributed by atoms with Crippen molar-refractivity contribution in [1.82, 2.24) is 5.32 Å². The minimum atomic E-state index is -0.345. The first-order valence-electron chi connectivity index (χ1n) is 4.87. The first-order chi connectivity index (χ1) is 7.29. The number of rotatable bonds is 2. The van der Waals surface area contributed by atoms with Crippen LogP contribution in [0.1, 0.15) is 18.0 Å². The zero-order chi connectivity index (χ0) is 10.7. The second kappa shape index (κ2) is 4.21. The van der Waals surface area contributed by atoms with E-state index in [4.69, 9.17) is 9.47 Å². The second-order valence-corrected chi connectivity index (χ2v) is 3.39. The Morgan fingerprint density at radius 2 is 2.13 bits per heavy atom. The van der Waals surface area contributed by atoms with E-state index in [2.05, 4.69) is 5.32 Å². The molecule has 1 heterocycles. The highest BCUT2D eigenvalue weighted by Crippen LogP contribution is 2.22. The Labute approximate surface area is 88.2 Å². The molecular weight excluding hydrogens is 194 g/mol. The van der Waals surface area contributed by atoms with Crippen molar-refractivity contribution in [2.45, 2.75) is 12.5 Å². The monoisotopic (exact) mass is 207 g/mol. The molecule has 1 amide bonds. The zero-order valence-electron chi connectivity index (χ0n) is 8.53. The fourth-order valence-corrected chi connectivity index (χ4v) is 1.61. The van der Waals surface area contributed by atoms with Crippen LogP contribution in [0.25, 0.3) is 0 Å². The van der Waals surface area contributed by atoms with Crippen LogP contribution in [0.5, 0.6) is 5.75 Å². The molecule has 2 rings (SSSR count). The lowest BCUT2D eigenvalue weighted by Crippen LogP contribution is -2.35. The Kier molecular flexibility index (Phi) is 2.76. The molecule has 0 radical (unpaired) electrons. The maximum atomic E-state index is 11.0. The maximum absolute atomic E-state index is 11.0. The molecular formula is C11H13NO3. The van der Waals surface area contributed by atoms with Gasteiger partial charge in [0.2, 0.25) is 0 Å². The number of ether oxygens (including phenoxy) is 2. The number of nitrogens with one attached hydrogen (secondary N) is 1. The van der Waals surface area contributed by atoms with Gasteiger partial charge in [0.15, 0.2) is 0 Å². The molecule has 1 aliphatic rings. The van der Waals surface area contributed by atoms with Crippen molar-refractivity contribution in [3.05, 3.63) is 29.8 Å². The van der Waals surface area contributed by atoms with E-state index < -0.39 is 0 Å². The van der Waals surface area contributed by atoms with E-state index in [1.807, 2.05) is 24.3 Å². The molecule has 1 atom stereocenters. The van der Waals surface area contributed by atoms with Gasteiger partial charge in [0.1, 0.15) is 5.75 Å². The van der Waals surface area contributed by atoms with E-state index >= 15 is 0 Å². The van der Waals surface area contributed by atoms with Gasteiger partial charge in [-0.25, -0.2) is 4.79 Å². The predicted octanol–water partition coefficient (Wildman–Crippen LogP) is 1.87. The fourth-order valence-electron chi connectivity index (χ4n) is 1.61. The van der Waals surface area contributed by atoms with Crippen LogP contribution >= 0.6 is 0 Å². The highest BCUT2D eigenvalue weighted by molar-refractivity contribution is 5.68. The van der Waals surface area contributed by atoms with E-state index in [1.54, 1.807) is 7.11 Å². The van der Waals surface area contributed by atoms with Gasteiger partial charge in [0.05, 0.1) is 19.8 Å². The summed E-state index contributed by atoms with van der Waals surface area (Å²) in [7, 11) is 1.63. The molecule has 80 valence electrons. The third-order valence-corrected chi connectivity index (χ3v) is 2.45. The van der Waals surface area contributed by atoms with Crippen LogP contribution in [-0.2, 0) is 4.74 Å². The van der Waals surface area contributed by atoms with Crippen LogP contribution < -0.4 is 10.1 Å².